The highest BCUT2D eigenvalue weighted by Gasteiger charge is 2.38. The molecule has 2 aliphatic rings. The fraction of sp³-hybridized carbons (Fsp3) is 0.750. The lowest BCUT2D eigenvalue weighted by molar-refractivity contribution is -0.105. The van der Waals surface area contributed by atoms with Crippen LogP contribution in [-0.2, 0) is 4.74 Å². The van der Waals surface area contributed by atoms with E-state index in [4.69, 9.17) is 15.3 Å². The summed E-state index contributed by atoms with van der Waals surface area (Å²) in [5.74, 6) is 0.149. The summed E-state index contributed by atoms with van der Waals surface area (Å²) in [5.41, 5.74) is 0.0895. The molecular weight excluding hydrogens is 250 g/mol. The molecule has 2 saturated heterocycles. The first kappa shape index (κ1) is 15.0. The zero-order valence-corrected chi connectivity index (χ0v) is 12.4. The Kier molecular flexibility index (Phi) is 4.81. The molecule has 0 N–H and O–H groups in total. The molecule has 4 nitrogen and oxygen atoms in total. The fourth-order valence-corrected chi connectivity index (χ4v) is 3.27. The van der Waals surface area contributed by atoms with E-state index in [-0.39, 0.29) is 17.1 Å². The monoisotopic (exact) mass is 273 g/mol. The van der Waals surface area contributed by atoms with Crippen molar-refractivity contribution in [2.45, 2.75) is 51.2 Å². The van der Waals surface area contributed by atoms with Crippen LogP contribution in [0.4, 0.5) is 0 Å². The smallest absolute Gasteiger partial charge is 0.126 e. The molecule has 2 rings (SSSR count). The van der Waals surface area contributed by atoms with Crippen molar-refractivity contribution in [3.05, 3.63) is 11.6 Å². The van der Waals surface area contributed by atoms with Crippen LogP contribution in [0.2, 0.25) is 0 Å². The van der Waals surface area contributed by atoms with Gasteiger partial charge in [0.2, 0.25) is 0 Å². The average Bonchev–Trinajstić information content (AvgIpc) is 2.46. The van der Waals surface area contributed by atoms with E-state index in [1.165, 1.54) is 19.3 Å². The van der Waals surface area contributed by atoms with Crippen LogP contribution in [0.15, 0.2) is 11.6 Å². The second-order valence-corrected chi connectivity index (χ2v) is 6.41. The Balaban J connectivity index is 2.18. The molecule has 108 valence electrons. The highest BCUT2D eigenvalue weighted by Crippen LogP contribution is 2.33. The van der Waals surface area contributed by atoms with E-state index < -0.39 is 0 Å². The highest BCUT2D eigenvalue weighted by molar-refractivity contribution is 5.36. The Bertz CT molecular complexity index is 433. The normalized spacial score (nSPS) is 30.0. The minimum Gasteiger partial charge on any atom is -0.375 e. The molecule has 0 aromatic heterocycles. The molecule has 2 unspecified atom stereocenters. The number of ether oxygens (including phenoxy) is 1. The molecular formula is C16H23N3O. The first-order valence-electron chi connectivity index (χ1n) is 7.46. The van der Waals surface area contributed by atoms with Crippen LogP contribution in [0.1, 0.15) is 39.5 Å². The van der Waals surface area contributed by atoms with Crippen molar-refractivity contribution in [3.8, 4) is 12.1 Å². The van der Waals surface area contributed by atoms with E-state index in [1.54, 1.807) is 0 Å². The summed E-state index contributed by atoms with van der Waals surface area (Å²) in [6.07, 6.45) is 6.58. The molecule has 0 aliphatic carbocycles. The van der Waals surface area contributed by atoms with Gasteiger partial charge in [0.15, 0.2) is 0 Å². The van der Waals surface area contributed by atoms with Crippen molar-refractivity contribution in [2.75, 3.05) is 19.7 Å². The van der Waals surface area contributed by atoms with Gasteiger partial charge < -0.3 is 4.74 Å². The fourth-order valence-electron chi connectivity index (χ4n) is 3.27. The number of likely N-dealkylation sites (tertiary alicyclic amines) is 1. The molecule has 0 amide bonds. The third kappa shape index (κ3) is 3.60. The van der Waals surface area contributed by atoms with Crippen LogP contribution in [0.3, 0.4) is 0 Å². The largest absolute Gasteiger partial charge is 0.375 e. The zero-order valence-electron chi connectivity index (χ0n) is 12.4. The van der Waals surface area contributed by atoms with Crippen LogP contribution >= 0.6 is 0 Å². The number of allylic oxidation sites excluding steroid dienone is 1. The quantitative estimate of drug-likeness (QED) is 0.726. The van der Waals surface area contributed by atoms with E-state index in [0.29, 0.717) is 12.6 Å². The van der Waals surface area contributed by atoms with Crippen LogP contribution < -0.4 is 0 Å². The standard InChI is InChI=1S/C16H23N3O/c1-16(2)9-15(19-6-4-3-5-7-19)14(12-20-16)8-13(10-17)11-18/h8,14-15H,3-7,9,12H2,1-2H3. The Hall–Kier alpha value is -1.36. The van der Waals surface area contributed by atoms with Gasteiger partial charge in [0, 0.05) is 12.0 Å². The van der Waals surface area contributed by atoms with Gasteiger partial charge >= 0.3 is 0 Å². The van der Waals surface area contributed by atoms with Gasteiger partial charge in [0.25, 0.3) is 0 Å². The van der Waals surface area contributed by atoms with Crippen LogP contribution in [0, 0.1) is 28.6 Å². The zero-order chi connectivity index (χ0) is 14.6. The molecule has 0 aromatic carbocycles. The lowest BCUT2D eigenvalue weighted by Gasteiger charge is -2.46. The lowest BCUT2D eigenvalue weighted by atomic mass is 9.83. The maximum absolute atomic E-state index is 8.96. The summed E-state index contributed by atoms with van der Waals surface area (Å²) in [4.78, 5) is 2.53. The van der Waals surface area contributed by atoms with E-state index in [0.717, 1.165) is 19.5 Å². The third-order valence-corrected chi connectivity index (χ3v) is 4.34. The summed E-state index contributed by atoms with van der Waals surface area (Å²) < 4.78 is 5.90. The first-order chi connectivity index (χ1) is 9.55. The number of hydrogen-bond donors (Lipinski definition) is 0. The van der Waals surface area contributed by atoms with Crippen molar-refractivity contribution in [2.24, 2.45) is 5.92 Å². The Labute approximate surface area is 121 Å². The summed E-state index contributed by atoms with van der Waals surface area (Å²) in [5, 5.41) is 17.9. The van der Waals surface area contributed by atoms with Crippen molar-refractivity contribution >= 4 is 0 Å². The third-order valence-electron chi connectivity index (χ3n) is 4.34. The molecule has 2 atom stereocenters. The topological polar surface area (TPSA) is 60.0 Å². The molecule has 0 aromatic rings. The van der Waals surface area contributed by atoms with Crippen molar-refractivity contribution in [1.29, 1.82) is 10.5 Å². The predicted molar refractivity (Wildman–Crippen MR) is 76.7 cm³/mol. The number of piperidine rings is 1. The number of nitriles is 2. The van der Waals surface area contributed by atoms with E-state index in [9.17, 15) is 0 Å². The van der Waals surface area contributed by atoms with Gasteiger partial charge in [-0.3, -0.25) is 4.90 Å². The molecule has 2 fully saturated rings. The molecule has 0 spiro atoms. The van der Waals surface area contributed by atoms with E-state index in [1.807, 2.05) is 18.2 Å². The van der Waals surface area contributed by atoms with Crippen molar-refractivity contribution in [1.82, 2.24) is 4.90 Å². The molecule has 0 bridgehead atoms. The van der Waals surface area contributed by atoms with Crippen molar-refractivity contribution in [3.63, 3.8) is 0 Å². The number of nitrogens with zero attached hydrogens (tertiary/aromatic N) is 3. The maximum atomic E-state index is 8.96. The minimum atomic E-state index is -0.119. The Morgan fingerprint density at radius 2 is 1.85 bits per heavy atom. The molecule has 20 heavy (non-hydrogen) atoms. The predicted octanol–water partition coefficient (Wildman–Crippen LogP) is 2.63. The summed E-state index contributed by atoms with van der Waals surface area (Å²) in [6, 6.07) is 4.32. The van der Waals surface area contributed by atoms with Gasteiger partial charge in [-0.05, 0) is 52.3 Å². The maximum Gasteiger partial charge on any atom is 0.126 e. The van der Waals surface area contributed by atoms with E-state index >= 15 is 0 Å². The lowest BCUT2D eigenvalue weighted by Crippen LogP contribution is -2.52. The second kappa shape index (κ2) is 6.39. The minimum absolute atomic E-state index is 0.119. The summed E-state index contributed by atoms with van der Waals surface area (Å²) in [7, 11) is 0. The highest BCUT2D eigenvalue weighted by atomic mass is 16.5. The molecule has 0 radical (unpaired) electrons. The Morgan fingerprint density at radius 3 is 2.45 bits per heavy atom. The van der Waals surface area contributed by atoms with Crippen LogP contribution in [0.5, 0.6) is 0 Å². The number of hydrogen-bond acceptors (Lipinski definition) is 4. The molecule has 0 saturated carbocycles. The number of rotatable bonds is 2. The SMILES string of the molecule is CC1(C)CC(N2CCCCC2)C(C=C(C#N)C#N)CO1. The van der Waals surface area contributed by atoms with Gasteiger partial charge in [-0.25, -0.2) is 0 Å². The van der Waals surface area contributed by atoms with Crippen LogP contribution in [-0.4, -0.2) is 36.2 Å². The van der Waals surface area contributed by atoms with Gasteiger partial charge in [-0.2, -0.15) is 10.5 Å². The molecule has 2 aliphatic heterocycles. The van der Waals surface area contributed by atoms with Crippen LogP contribution in [0.25, 0.3) is 0 Å². The molecule has 4 heteroatoms. The Morgan fingerprint density at radius 1 is 1.20 bits per heavy atom. The average molecular weight is 273 g/mol. The van der Waals surface area contributed by atoms with Gasteiger partial charge in [0.05, 0.1) is 12.2 Å². The van der Waals surface area contributed by atoms with E-state index in [2.05, 4.69) is 18.7 Å². The second-order valence-electron chi connectivity index (χ2n) is 6.41. The summed E-state index contributed by atoms with van der Waals surface area (Å²) in [6.45, 7) is 7.10. The van der Waals surface area contributed by atoms with Gasteiger partial charge in [-0.15, -0.1) is 0 Å². The molecule has 2 heterocycles. The van der Waals surface area contributed by atoms with Crippen molar-refractivity contribution < 1.29 is 4.74 Å². The van der Waals surface area contributed by atoms with Gasteiger partial charge in [-0.1, -0.05) is 6.42 Å². The summed E-state index contributed by atoms with van der Waals surface area (Å²) >= 11 is 0. The first-order valence-corrected chi connectivity index (χ1v) is 7.46. The van der Waals surface area contributed by atoms with Gasteiger partial charge in [0.1, 0.15) is 17.7 Å².